The first-order valence-corrected chi connectivity index (χ1v) is 7.83. The molecule has 0 bridgehead atoms. The first kappa shape index (κ1) is 13.9. The van der Waals surface area contributed by atoms with Gasteiger partial charge in [-0.2, -0.15) is 5.10 Å². The molecule has 4 nitrogen and oxygen atoms in total. The highest BCUT2D eigenvalue weighted by Gasteiger charge is 2.23. The average Bonchev–Trinajstić information content (AvgIpc) is 3.18. The summed E-state index contributed by atoms with van der Waals surface area (Å²) in [7, 11) is 1.68. The molecule has 0 saturated heterocycles. The molecule has 2 aromatic carbocycles. The van der Waals surface area contributed by atoms with Crippen molar-refractivity contribution < 1.29 is 4.74 Å². The maximum Gasteiger partial charge on any atom is 0.133 e. The topological polar surface area (TPSA) is 39.1 Å². The number of fused-ring (bicyclic) bond motifs is 1. The zero-order chi connectivity index (χ0) is 15.8. The van der Waals surface area contributed by atoms with E-state index in [-0.39, 0.29) is 0 Å². The van der Waals surface area contributed by atoms with Crippen LogP contribution >= 0.6 is 0 Å². The highest BCUT2D eigenvalue weighted by molar-refractivity contribution is 5.73. The number of nitrogens with one attached hydrogen (secondary N) is 1. The molecule has 3 aromatic rings. The second-order valence-electron chi connectivity index (χ2n) is 5.83. The van der Waals surface area contributed by atoms with Gasteiger partial charge in [-0.1, -0.05) is 29.8 Å². The van der Waals surface area contributed by atoms with E-state index in [0.29, 0.717) is 0 Å². The van der Waals surface area contributed by atoms with Crippen molar-refractivity contribution in [3.8, 4) is 22.7 Å². The summed E-state index contributed by atoms with van der Waals surface area (Å²) in [5.41, 5.74) is 5.83. The Morgan fingerprint density at radius 3 is 2.48 bits per heavy atom. The van der Waals surface area contributed by atoms with Gasteiger partial charge in [-0.25, -0.2) is 4.68 Å². The van der Waals surface area contributed by atoms with Crippen LogP contribution in [-0.4, -0.2) is 23.4 Å². The summed E-state index contributed by atoms with van der Waals surface area (Å²) < 4.78 is 7.24. The Kier molecular flexibility index (Phi) is 3.30. The highest BCUT2D eigenvalue weighted by atomic mass is 16.5. The van der Waals surface area contributed by atoms with Crippen molar-refractivity contribution in [2.24, 2.45) is 0 Å². The molecular formula is C19H19N3O. The zero-order valence-electron chi connectivity index (χ0n) is 13.3. The van der Waals surface area contributed by atoms with E-state index in [1.807, 2.05) is 28.9 Å². The summed E-state index contributed by atoms with van der Waals surface area (Å²) in [4.78, 5) is 0. The van der Waals surface area contributed by atoms with Crippen LogP contribution in [0.15, 0.2) is 48.5 Å². The van der Waals surface area contributed by atoms with Gasteiger partial charge in [-0.15, -0.1) is 0 Å². The van der Waals surface area contributed by atoms with Gasteiger partial charge in [0.15, 0.2) is 0 Å². The Bertz CT molecular complexity index is 832. The third-order valence-corrected chi connectivity index (χ3v) is 4.29. The molecule has 1 aromatic heterocycles. The van der Waals surface area contributed by atoms with Gasteiger partial charge in [0.2, 0.25) is 0 Å². The van der Waals surface area contributed by atoms with Crippen molar-refractivity contribution >= 4 is 5.82 Å². The van der Waals surface area contributed by atoms with E-state index in [1.165, 1.54) is 16.7 Å². The lowest BCUT2D eigenvalue weighted by molar-refractivity contribution is 0.414. The lowest BCUT2D eigenvalue weighted by Crippen LogP contribution is -2.04. The van der Waals surface area contributed by atoms with Gasteiger partial charge in [-0.05, 0) is 37.6 Å². The summed E-state index contributed by atoms with van der Waals surface area (Å²) in [6.07, 6.45) is 1.01. The van der Waals surface area contributed by atoms with Gasteiger partial charge in [0.05, 0.1) is 18.5 Å². The summed E-state index contributed by atoms with van der Waals surface area (Å²) in [6, 6.07) is 16.6. The molecule has 1 aliphatic rings. The van der Waals surface area contributed by atoms with Gasteiger partial charge in [0.1, 0.15) is 11.6 Å². The van der Waals surface area contributed by atoms with Crippen molar-refractivity contribution in [1.82, 2.24) is 9.78 Å². The number of aromatic nitrogens is 2. The lowest BCUT2D eigenvalue weighted by Gasteiger charge is -2.07. The van der Waals surface area contributed by atoms with Crippen LogP contribution in [0.5, 0.6) is 5.75 Å². The predicted molar refractivity (Wildman–Crippen MR) is 92.5 cm³/mol. The molecule has 116 valence electrons. The zero-order valence-corrected chi connectivity index (χ0v) is 13.3. The Labute approximate surface area is 135 Å². The minimum absolute atomic E-state index is 0.851. The Morgan fingerprint density at radius 2 is 1.78 bits per heavy atom. The Balaban J connectivity index is 1.82. The summed E-state index contributed by atoms with van der Waals surface area (Å²) in [6.45, 7) is 3.06. The predicted octanol–water partition coefficient (Wildman–Crippen LogP) is 3.82. The number of aryl methyl sites for hydroxylation is 1. The quantitative estimate of drug-likeness (QED) is 0.799. The molecule has 0 fully saturated rings. The summed E-state index contributed by atoms with van der Waals surface area (Å²) >= 11 is 0. The molecule has 1 N–H and O–H groups in total. The summed E-state index contributed by atoms with van der Waals surface area (Å²) in [5, 5.41) is 8.34. The second-order valence-corrected chi connectivity index (χ2v) is 5.83. The maximum atomic E-state index is 5.24. The van der Waals surface area contributed by atoms with Crippen LogP contribution in [0.4, 0.5) is 5.82 Å². The van der Waals surface area contributed by atoms with E-state index >= 15 is 0 Å². The van der Waals surface area contributed by atoms with E-state index in [0.717, 1.165) is 35.9 Å². The molecule has 4 heteroatoms. The number of rotatable bonds is 3. The number of hydrogen-bond donors (Lipinski definition) is 1. The molecule has 23 heavy (non-hydrogen) atoms. The van der Waals surface area contributed by atoms with E-state index in [2.05, 4.69) is 36.5 Å². The standard InChI is InChI=1S/C19H19N3O/c1-13-3-5-14(6-4-13)18-17-11-12-20-19(17)22(21-18)15-7-9-16(23-2)10-8-15/h3-10,20H,11-12H2,1-2H3. The van der Waals surface area contributed by atoms with E-state index in [4.69, 9.17) is 9.84 Å². The minimum Gasteiger partial charge on any atom is -0.497 e. The monoisotopic (exact) mass is 305 g/mol. The van der Waals surface area contributed by atoms with E-state index in [1.54, 1.807) is 7.11 Å². The Hall–Kier alpha value is -2.75. The molecule has 4 rings (SSSR count). The number of benzene rings is 2. The fraction of sp³-hybridized carbons (Fsp3) is 0.211. The molecule has 0 unspecified atom stereocenters. The minimum atomic E-state index is 0.851. The first-order valence-electron chi connectivity index (χ1n) is 7.83. The van der Waals surface area contributed by atoms with Gasteiger partial charge in [0, 0.05) is 17.7 Å². The Morgan fingerprint density at radius 1 is 1.04 bits per heavy atom. The van der Waals surface area contributed by atoms with E-state index in [9.17, 15) is 0 Å². The number of nitrogens with zero attached hydrogens (tertiary/aromatic N) is 2. The second kappa shape index (κ2) is 5.47. The van der Waals surface area contributed by atoms with Crippen molar-refractivity contribution in [2.45, 2.75) is 13.3 Å². The SMILES string of the molecule is COc1ccc(-n2nc(-c3ccc(C)cc3)c3c2NCC3)cc1. The van der Waals surface area contributed by atoms with Gasteiger partial charge in [-0.3, -0.25) is 0 Å². The van der Waals surface area contributed by atoms with Crippen LogP contribution in [0.25, 0.3) is 16.9 Å². The van der Waals surface area contributed by atoms with Crippen molar-refractivity contribution in [3.63, 3.8) is 0 Å². The molecule has 0 saturated carbocycles. The van der Waals surface area contributed by atoms with Gasteiger partial charge < -0.3 is 10.1 Å². The van der Waals surface area contributed by atoms with Crippen LogP contribution in [0.2, 0.25) is 0 Å². The van der Waals surface area contributed by atoms with Crippen molar-refractivity contribution in [2.75, 3.05) is 19.0 Å². The number of ether oxygens (including phenoxy) is 1. The smallest absolute Gasteiger partial charge is 0.133 e. The highest BCUT2D eigenvalue weighted by Crippen LogP contribution is 2.34. The molecule has 0 amide bonds. The normalized spacial score (nSPS) is 12.8. The van der Waals surface area contributed by atoms with Crippen molar-refractivity contribution in [3.05, 3.63) is 59.7 Å². The van der Waals surface area contributed by atoms with Crippen LogP contribution in [-0.2, 0) is 6.42 Å². The third kappa shape index (κ3) is 2.36. The van der Waals surface area contributed by atoms with Crippen LogP contribution < -0.4 is 10.1 Å². The molecule has 1 aliphatic heterocycles. The number of methoxy groups -OCH3 is 1. The molecule has 0 spiro atoms. The molecular weight excluding hydrogens is 286 g/mol. The van der Waals surface area contributed by atoms with E-state index < -0.39 is 0 Å². The largest absolute Gasteiger partial charge is 0.497 e. The molecule has 0 atom stereocenters. The number of anilines is 1. The first-order chi connectivity index (χ1) is 11.3. The lowest BCUT2D eigenvalue weighted by atomic mass is 10.1. The fourth-order valence-corrected chi connectivity index (χ4v) is 3.03. The average molecular weight is 305 g/mol. The molecule has 2 heterocycles. The van der Waals surface area contributed by atoms with Gasteiger partial charge >= 0.3 is 0 Å². The molecule has 0 aliphatic carbocycles. The van der Waals surface area contributed by atoms with Crippen molar-refractivity contribution in [1.29, 1.82) is 0 Å². The fourth-order valence-electron chi connectivity index (χ4n) is 3.03. The summed E-state index contributed by atoms with van der Waals surface area (Å²) in [5.74, 6) is 1.95. The molecule has 0 radical (unpaired) electrons. The third-order valence-electron chi connectivity index (χ3n) is 4.29. The maximum absolute atomic E-state index is 5.24. The van der Waals surface area contributed by atoms with Gasteiger partial charge in [0.25, 0.3) is 0 Å². The van der Waals surface area contributed by atoms with Crippen LogP contribution in [0.1, 0.15) is 11.1 Å². The number of hydrogen-bond acceptors (Lipinski definition) is 3. The van der Waals surface area contributed by atoms with Crippen LogP contribution in [0, 0.1) is 6.92 Å². The van der Waals surface area contributed by atoms with Crippen LogP contribution in [0.3, 0.4) is 0 Å².